The standard InChI is InChI=1S/C14H25N3O2/c1-11-7-6-8-12(16-11)9-17(3)14(2,10-15)13(18-4)19-5/h6-8,13H,9-10,15H2,1-5H3. The van der Waals surface area contributed by atoms with Crippen LogP contribution in [0.15, 0.2) is 18.2 Å². The molecule has 1 heterocycles. The van der Waals surface area contributed by atoms with Crippen LogP contribution in [-0.4, -0.2) is 49.5 Å². The van der Waals surface area contributed by atoms with Crippen molar-refractivity contribution >= 4 is 0 Å². The molecule has 0 fully saturated rings. The maximum absolute atomic E-state index is 5.92. The van der Waals surface area contributed by atoms with Gasteiger partial charge < -0.3 is 15.2 Å². The second-order valence-corrected chi connectivity index (χ2v) is 4.99. The minimum Gasteiger partial charge on any atom is -0.354 e. The van der Waals surface area contributed by atoms with Gasteiger partial charge in [-0.25, -0.2) is 0 Å². The summed E-state index contributed by atoms with van der Waals surface area (Å²) in [4.78, 5) is 6.63. The van der Waals surface area contributed by atoms with Crippen LogP contribution in [-0.2, 0) is 16.0 Å². The number of hydrogen-bond donors (Lipinski definition) is 1. The molecule has 19 heavy (non-hydrogen) atoms. The molecule has 0 aromatic carbocycles. The molecule has 0 amide bonds. The Hall–Kier alpha value is -1.01. The van der Waals surface area contributed by atoms with Crippen molar-refractivity contribution in [2.24, 2.45) is 5.73 Å². The summed E-state index contributed by atoms with van der Waals surface area (Å²) in [6, 6.07) is 6.00. The smallest absolute Gasteiger partial charge is 0.176 e. The zero-order valence-electron chi connectivity index (χ0n) is 12.5. The van der Waals surface area contributed by atoms with Crippen molar-refractivity contribution in [1.29, 1.82) is 0 Å². The summed E-state index contributed by atoms with van der Waals surface area (Å²) in [7, 11) is 5.25. The molecule has 1 aromatic rings. The van der Waals surface area contributed by atoms with Crippen LogP contribution in [0.3, 0.4) is 0 Å². The number of ether oxygens (including phenoxy) is 2. The van der Waals surface area contributed by atoms with Gasteiger partial charge in [-0.05, 0) is 33.0 Å². The maximum Gasteiger partial charge on any atom is 0.176 e. The Morgan fingerprint density at radius 2 is 2.00 bits per heavy atom. The fraction of sp³-hybridized carbons (Fsp3) is 0.643. The third kappa shape index (κ3) is 3.73. The molecule has 2 N–H and O–H groups in total. The van der Waals surface area contributed by atoms with Gasteiger partial charge in [0.25, 0.3) is 0 Å². The first kappa shape index (κ1) is 16.0. The lowest BCUT2D eigenvalue weighted by Gasteiger charge is -2.42. The van der Waals surface area contributed by atoms with E-state index < -0.39 is 5.54 Å². The van der Waals surface area contributed by atoms with E-state index in [0.29, 0.717) is 13.1 Å². The van der Waals surface area contributed by atoms with Gasteiger partial charge in [-0.15, -0.1) is 0 Å². The van der Waals surface area contributed by atoms with Crippen molar-refractivity contribution in [2.75, 3.05) is 27.8 Å². The SMILES string of the molecule is COC(OC)C(C)(CN)N(C)Cc1cccc(C)n1. The molecule has 1 unspecified atom stereocenters. The van der Waals surface area contributed by atoms with Crippen LogP contribution in [0.25, 0.3) is 0 Å². The summed E-state index contributed by atoms with van der Waals surface area (Å²) < 4.78 is 10.7. The fourth-order valence-corrected chi connectivity index (χ4v) is 2.15. The van der Waals surface area contributed by atoms with Gasteiger partial charge in [-0.3, -0.25) is 9.88 Å². The van der Waals surface area contributed by atoms with Crippen LogP contribution >= 0.6 is 0 Å². The van der Waals surface area contributed by atoms with Crippen LogP contribution < -0.4 is 5.73 Å². The highest BCUT2D eigenvalue weighted by atomic mass is 16.7. The topological polar surface area (TPSA) is 60.6 Å². The van der Waals surface area contributed by atoms with Gasteiger partial charge in [0, 0.05) is 33.0 Å². The molecule has 0 bridgehead atoms. The predicted molar refractivity (Wildman–Crippen MR) is 75.7 cm³/mol. The van der Waals surface area contributed by atoms with Crippen LogP contribution in [0, 0.1) is 6.92 Å². The number of pyridine rings is 1. The van der Waals surface area contributed by atoms with Gasteiger partial charge >= 0.3 is 0 Å². The van der Waals surface area contributed by atoms with Gasteiger partial charge in [0.2, 0.25) is 0 Å². The molecule has 1 atom stereocenters. The summed E-state index contributed by atoms with van der Waals surface area (Å²) >= 11 is 0. The van der Waals surface area contributed by atoms with Crippen LogP contribution in [0.4, 0.5) is 0 Å². The molecule has 5 heteroatoms. The van der Waals surface area contributed by atoms with Gasteiger partial charge in [-0.1, -0.05) is 6.07 Å². The van der Waals surface area contributed by atoms with E-state index in [0.717, 1.165) is 11.4 Å². The average Bonchev–Trinajstić information content (AvgIpc) is 2.39. The highest BCUT2D eigenvalue weighted by Gasteiger charge is 2.37. The minimum absolute atomic E-state index is 0.382. The van der Waals surface area contributed by atoms with Crippen LogP contribution in [0.5, 0.6) is 0 Å². The number of nitrogens with two attached hydrogens (primary N) is 1. The van der Waals surface area contributed by atoms with E-state index in [1.807, 2.05) is 39.1 Å². The number of rotatable bonds is 7. The van der Waals surface area contributed by atoms with Crippen molar-refractivity contribution in [3.63, 3.8) is 0 Å². The maximum atomic E-state index is 5.92. The number of hydrogen-bond acceptors (Lipinski definition) is 5. The predicted octanol–water partition coefficient (Wildman–Crippen LogP) is 1.16. The van der Waals surface area contributed by atoms with Crippen molar-refractivity contribution < 1.29 is 9.47 Å². The Bertz CT molecular complexity index is 396. The number of aryl methyl sites for hydroxylation is 1. The summed E-state index contributed by atoms with van der Waals surface area (Å²) in [5.74, 6) is 0. The van der Waals surface area contributed by atoms with Crippen molar-refractivity contribution in [3.8, 4) is 0 Å². The molecule has 0 aliphatic rings. The zero-order chi connectivity index (χ0) is 14.5. The van der Waals surface area contributed by atoms with E-state index in [4.69, 9.17) is 15.2 Å². The van der Waals surface area contributed by atoms with E-state index in [1.54, 1.807) is 14.2 Å². The second-order valence-electron chi connectivity index (χ2n) is 4.99. The third-order valence-electron chi connectivity index (χ3n) is 3.57. The zero-order valence-corrected chi connectivity index (χ0v) is 12.5. The van der Waals surface area contributed by atoms with E-state index in [-0.39, 0.29) is 6.29 Å². The van der Waals surface area contributed by atoms with Gasteiger partial charge in [0.05, 0.1) is 11.2 Å². The lowest BCUT2D eigenvalue weighted by molar-refractivity contribution is -0.178. The molecule has 0 aliphatic heterocycles. The molecule has 0 spiro atoms. The Morgan fingerprint density at radius 1 is 1.37 bits per heavy atom. The molecule has 1 aromatic heterocycles. The molecule has 108 valence electrons. The van der Waals surface area contributed by atoms with Crippen molar-refractivity contribution in [3.05, 3.63) is 29.6 Å². The minimum atomic E-state index is -0.408. The quantitative estimate of drug-likeness (QED) is 0.751. The molecular weight excluding hydrogens is 242 g/mol. The first-order valence-electron chi connectivity index (χ1n) is 6.37. The summed E-state index contributed by atoms with van der Waals surface area (Å²) in [5, 5.41) is 0. The van der Waals surface area contributed by atoms with E-state index in [9.17, 15) is 0 Å². The highest BCUT2D eigenvalue weighted by Crippen LogP contribution is 2.21. The largest absolute Gasteiger partial charge is 0.354 e. The molecule has 1 rings (SSSR count). The Kier molecular flexibility index (Phi) is 5.87. The Labute approximate surface area is 115 Å². The normalized spacial score (nSPS) is 14.9. The third-order valence-corrected chi connectivity index (χ3v) is 3.57. The average molecular weight is 267 g/mol. The molecule has 0 saturated heterocycles. The summed E-state index contributed by atoms with van der Waals surface area (Å²) in [6.07, 6.45) is -0.382. The highest BCUT2D eigenvalue weighted by molar-refractivity contribution is 5.10. The molecule has 0 aliphatic carbocycles. The number of nitrogens with zero attached hydrogens (tertiary/aromatic N) is 2. The Balaban J connectivity index is 2.87. The Morgan fingerprint density at radius 3 is 2.47 bits per heavy atom. The van der Waals surface area contributed by atoms with E-state index >= 15 is 0 Å². The fourth-order valence-electron chi connectivity index (χ4n) is 2.15. The molecule has 0 saturated carbocycles. The van der Waals surface area contributed by atoms with Crippen molar-refractivity contribution in [2.45, 2.75) is 32.2 Å². The van der Waals surface area contributed by atoms with Gasteiger partial charge in [0.1, 0.15) is 0 Å². The van der Waals surface area contributed by atoms with Crippen LogP contribution in [0.2, 0.25) is 0 Å². The second kappa shape index (κ2) is 6.96. The first-order valence-corrected chi connectivity index (χ1v) is 6.37. The molecular formula is C14H25N3O2. The molecule has 0 radical (unpaired) electrons. The van der Waals surface area contributed by atoms with Crippen molar-refractivity contribution in [1.82, 2.24) is 9.88 Å². The summed E-state index contributed by atoms with van der Waals surface area (Å²) in [5.41, 5.74) is 7.53. The molecule has 5 nitrogen and oxygen atoms in total. The number of likely N-dealkylation sites (N-methyl/N-ethyl adjacent to an activating group) is 1. The lowest BCUT2D eigenvalue weighted by Crippen LogP contribution is -2.58. The monoisotopic (exact) mass is 267 g/mol. The number of methoxy groups -OCH3 is 2. The first-order chi connectivity index (χ1) is 8.97. The van der Waals surface area contributed by atoms with Gasteiger partial charge in [-0.2, -0.15) is 0 Å². The summed E-state index contributed by atoms with van der Waals surface area (Å²) in [6.45, 7) is 5.14. The van der Waals surface area contributed by atoms with E-state index in [1.165, 1.54) is 0 Å². The van der Waals surface area contributed by atoms with Crippen LogP contribution in [0.1, 0.15) is 18.3 Å². The van der Waals surface area contributed by atoms with E-state index in [2.05, 4.69) is 9.88 Å². The van der Waals surface area contributed by atoms with Gasteiger partial charge in [0.15, 0.2) is 6.29 Å². The lowest BCUT2D eigenvalue weighted by atomic mass is 9.99. The number of aromatic nitrogens is 1.